The molecule has 9 nitrogen and oxygen atoms in total. The zero-order valence-corrected chi connectivity index (χ0v) is 18.1. The quantitative estimate of drug-likeness (QED) is 0.308. The van der Waals surface area contributed by atoms with E-state index in [4.69, 9.17) is 4.74 Å². The van der Waals surface area contributed by atoms with Gasteiger partial charge >= 0.3 is 0 Å². The Kier molecular flexibility index (Phi) is 7.48. The summed E-state index contributed by atoms with van der Waals surface area (Å²) in [6.07, 6.45) is 1.39. The number of carbonyl (C=O) groups is 2. The average Bonchev–Trinajstić information content (AvgIpc) is 2.80. The second kappa shape index (κ2) is 10.7. The second-order valence-electron chi connectivity index (χ2n) is 7.20. The molecule has 0 saturated carbocycles. The lowest BCUT2D eigenvalue weighted by atomic mass is 10.1. The molecule has 0 aromatic heterocycles. The third-order valence-corrected chi connectivity index (χ3v) is 4.64. The molecule has 3 aromatic carbocycles. The minimum atomic E-state index is -0.543. The van der Waals surface area contributed by atoms with E-state index in [1.165, 1.54) is 30.5 Å². The van der Waals surface area contributed by atoms with E-state index in [-0.39, 0.29) is 23.8 Å². The number of benzene rings is 3. The van der Waals surface area contributed by atoms with Gasteiger partial charge in [0.2, 0.25) is 0 Å². The molecule has 0 atom stereocenters. The molecular weight excluding hydrogens is 424 g/mol. The fourth-order valence-electron chi connectivity index (χ4n) is 2.96. The number of aryl methyl sites for hydroxylation is 2. The number of amides is 2. The Bertz CT molecular complexity index is 1210. The monoisotopic (exact) mass is 446 g/mol. The van der Waals surface area contributed by atoms with Crippen LogP contribution in [0.4, 0.5) is 11.4 Å². The smallest absolute Gasteiger partial charge is 0.271 e. The molecule has 0 unspecified atom stereocenters. The fourth-order valence-corrected chi connectivity index (χ4v) is 2.96. The number of hydrogen-bond donors (Lipinski definition) is 2. The molecule has 9 heteroatoms. The summed E-state index contributed by atoms with van der Waals surface area (Å²) in [6.45, 7) is 3.70. The predicted molar refractivity (Wildman–Crippen MR) is 125 cm³/mol. The molecule has 0 radical (unpaired) electrons. The van der Waals surface area contributed by atoms with E-state index in [0.717, 1.165) is 16.8 Å². The van der Waals surface area contributed by atoms with Gasteiger partial charge in [-0.15, -0.1) is 0 Å². The molecule has 0 spiro atoms. The topological polar surface area (TPSA) is 123 Å². The first-order valence-corrected chi connectivity index (χ1v) is 10.0. The number of nitrogens with zero attached hydrogens (tertiary/aromatic N) is 2. The first kappa shape index (κ1) is 23.1. The zero-order valence-electron chi connectivity index (χ0n) is 18.1. The Hall–Kier alpha value is -4.53. The van der Waals surface area contributed by atoms with Crippen molar-refractivity contribution in [3.8, 4) is 5.75 Å². The molecule has 0 aliphatic carbocycles. The van der Waals surface area contributed by atoms with E-state index >= 15 is 0 Å². The van der Waals surface area contributed by atoms with Crippen molar-refractivity contribution < 1.29 is 19.2 Å². The summed E-state index contributed by atoms with van der Waals surface area (Å²) < 4.78 is 5.63. The third kappa shape index (κ3) is 6.47. The molecule has 2 N–H and O–H groups in total. The van der Waals surface area contributed by atoms with Crippen LogP contribution in [0.2, 0.25) is 0 Å². The number of nitrogens with one attached hydrogen (secondary N) is 2. The third-order valence-electron chi connectivity index (χ3n) is 4.64. The lowest BCUT2D eigenvalue weighted by Gasteiger charge is -2.11. The summed E-state index contributed by atoms with van der Waals surface area (Å²) >= 11 is 0. The van der Waals surface area contributed by atoms with Gasteiger partial charge < -0.3 is 10.1 Å². The van der Waals surface area contributed by atoms with Crippen molar-refractivity contribution >= 4 is 29.4 Å². The molecule has 3 rings (SSSR count). The summed E-state index contributed by atoms with van der Waals surface area (Å²) in [5.41, 5.74) is 5.82. The fraction of sp³-hybridized carbons (Fsp3) is 0.125. The number of nitro benzene ring substituents is 1. The molecule has 33 heavy (non-hydrogen) atoms. The van der Waals surface area contributed by atoms with Crippen LogP contribution in [-0.2, 0) is 4.79 Å². The summed E-state index contributed by atoms with van der Waals surface area (Å²) in [6, 6.07) is 17.8. The van der Waals surface area contributed by atoms with Gasteiger partial charge in [0.25, 0.3) is 17.5 Å². The van der Waals surface area contributed by atoms with Crippen molar-refractivity contribution in [2.45, 2.75) is 13.8 Å². The number of non-ortho nitro benzene ring substituents is 1. The number of hydrogen-bond acceptors (Lipinski definition) is 6. The standard InChI is InChI=1S/C24H22N4O5/c1-16-7-12-21(17(2)13-16)26-23(29)15-33-22-6-4-3-5-19(22)14-25-27-24(30)18-8-10-20(11-9-18)28(31)32/h3-14H,15H2,1-2H3,(H,26,29)(H,27,30)/b25-14+. The molecule has 3 aromatic rings. The SMILES string of the molecule is Cc1ccc(NC(=O)COc2ccccc2/C=N/NC(=O)c2ccc([N+](=O)[O-])cc2)c(C)c1. The van der Waals surface area contributed by atoms with Crippen LogP contribution in [0.15, 0.2) is 71.8 Å². The minimum absolute atomic E-state index is 0.109. The van der Waals surface area contributed by atoms with E-state index < -0.39 is 10.8 Å². The van der Waals surface area contributed by atoms with Gasteiger partial charge in [0.15, 0.2) is 6.61 Å². The maximum absolute atomic E-state index is 12.3. The average molecular weight is 446 g/mol. The Balaban J connectivity index is 1.58. The minimum Gasteiger partial charge on any atom is -0.483 e. The van der Waals surface area contributed by atoms with Crippen molar-refractivity contribution in [2.75, 3.05) is 11.9 Å². The summed E-state index contributed by atoms with van der Waals surface area (Å²) in [4.78, 5) is 34.6. The predicted octanol–water partition coefficient (Wildman–Crippen LogP) is 3.99. The van der Waals surface area contributed by atoms with Crippen LogP contribution in [0.5, 0.6) is 5.75 Å². The highest BCUT2D eigenvalue weighted by Crippen LogP contribution is 2.18. The number of para-hydroxylation sites is 1. The van der Waals surface area contributed by atoms with Crippen molar-refractivity contribution in [1.29, 1.82) is 0 Å². The van der Waals surface area contributed by atoms with Gasteiger partial charge in [-0.1, -0.05) is 29.8 Å². The maximum Gasteiger partial charge on any atom is 0.271 e. The molecule has 0 aliphatic rings. The van der Waals surface area contributed by atoms with Crippen molar-refractivity contribution in [1.82, 2.24) is 5.43 Å². The van der Waals surface area contributed by atoms with Crippen LogP contribution in [0, 0.1) is 24.0 Å². The van der Waals surface area contributed by atoms with Gasteiger partial charge in [-0.05, 0) is 49.7 Å². The van der Waals surface area contributed by atoms with E-state index in [1.807, 2.05) is 32.0 Å². The van der Waals surface area contributed by atoms with E-state index in [0.29, 0.717) is 11.3 Å². The lowest BCUT2D eigenvalue weighted by molar-refractivity contribution is -0.384. The second-order valence-corrected chi connectivity index (χ2v) is 7.20. The van der Waals surface area contributed by atoms with Crippen LogP contribution >= 0.6 is 0 Å². The van der Waals surface area contributed by atoms with Crippen LogP contribution in [-0.4, -0.2) is 29.6 Å². The highest BCUT2D eigenvalue weighted by molar-refractivity contribution is 5.95. The Morgan fingerprint density at radius 3 is 2.48 bits per heavy atom. The number of ether oxygens (including phenoxy) is 1. The Morgan fingerprint density at radius 2 is 1.79 bits per heavy atom. The molecule has 0 aliphatic heterocycles. The maximum atomic E-state index is 12.3. The Morgan fingerprint density at radius 1 is 1.06 bits per heavy atom. The summed E-state index contributed by atoms with van der Waals surface area (Å²) in [5, 5.41) is 17.4. The molecular formula is C24H22N4O5. The van der Waals surface area contributed by atoms with Crippen molar-refractivity contribution in [2.24, 2.45) is 5.10 Å². The molecule has 168 valence electrons. The van der Waals surface area contributed by atoms with Gasteiger partial charge in [0.05, 0.1) is 11.1 Å². The number of rotatable bonds is 8. The normalized spacial score (nSPS) is 10.6. The molecule has 2 amide bonds. The van der Waals surface area contributed by atoms with Crippen molar-refractivity contribution in [3.63, 3.8) is 0 Å². The van der Waals surface area contributed by atoms with Gasteiger partial charge in [-0.2, -0.15) is 5.10 Å². The molecule has 0 fully saturated rings. The number of carbonyl (C=O) groups excluding carboxylic acids is 2. The first-order valence-electron chi connectivity index (χ1n) is 10.0. The number of hydrazone groups is 1. The summed E-state index contributed by atoms with van der Waals surface area (Å²) in [7, 11) is 0. The van der Waals surface area contributed by atoms with E-state index in [1.54, 1.807) is 24.3 Å². The molecule has 0 heterocycles. The van der Waals surface area contributed by atoms with Gasteiger partial charge in [-0.3, -0.25) is 19.7 Å². The van der Waals surface area contributed by atoms with Gasteiger partial charge in [0, 0.05) is 28.9 Å². The number of nitro groups is 1. The largest absolute Gasteiger partial charge is 0.483 e. The van der Waals surface area contributed by atoms with Crippen molar-refractivity contribution in [3.05, 3.63) is 99.1 Å². The highest BCUT2D eigenvalue weighted by atomic mass is 16.6. The first-order chi connectivity index (χ1) is 15.8. The van der Waals surface area contributed by atoms with Crippen LogP contribution < -0.4 is 15.5 Å². The van der Waals surface area contributed by atoms with Gasteiger partial charge in [-0.25, -0.2) is 5.43 Å². The van der Waals surface area contributed by atoms with Crippen LogP contribution in [0.25, 0.3) is 0 Å². The van der Waals surface area contributed by atoms with E-state index in [9.17, 15) is 19.7 Å². The van der Waals surface area contributed by atoms with Crippen LogP contribution in [0.3, 0.4) is 0 Å². The zero-order chi connectivity index (χ0) is 23.8. The lowest BCUT2D eigenvalue weighted by Crippen LogP contribution is -2.21. The number of anilines is 1. The Labute approximate surface area is 190 Å². The highest BCUT2D eigenvalue weighted by Gasteiger charge is 2.10. The molecule has 0 saturated heterocycles. The van der Waals surface area contributed by atoms with Crippen LogP contribution in [0.1, 0.15) is 27.0 Å². The molecule has 0 bridgehead atoms. The van der Waals surface area contributed by atoms with E-state index in [2.05, 4.69) is 15.8 Å². The van der Waals surface area contributed by atoms with Gasteiger partial charge in [0.1, 0.15) is 5.75 Å². The summed E-state index contributed by atoms with van der Waals surface area (Å²) in [5.74, 6) is -0.408.